The quantitative estimate of drug-likeness (QED) is 0.364. The molecule has 0 bridgehead atoms. The molecule has 164 valence electrons. The number of aliphatic imine (C=N–C) groups is 1. The van der Waals surface area contributed by atoms with Crippen molar-refractivity contribution < 1.29 is 9.53 Å². The minimum Gasteiger partial charge on any atom is -0.444 e. The number of likely N-dealkylation sites (tertiary alicyclic amines) is 1. The summed E-state index contributed by atoms with van der Waals surface area (Å²) >= 11 is 0. The van der Waals surface area contributed by atoms with Crippen molar-refractivity contribution in [3.8, 4) is 5.69 Å². The number of ether oxygens (including phenoxy) is 1. The first-order valence-electron chi connectivity index (χ1n) is 9.87. The first-order chi connectivity index (χ1) is 13.9. The fraction of sp³-hybridized carbons (Fsp3) is 0.476. The molecule has 8 nitrogen and oxygen atoms in total. The number of alkyl carbamates (subject to hydrolysis) is 1. The average molecular weight is 526 g/mol. The molecule has 1 amide bonds. The number of nitrogens with one attached hydrogen (secondary N) is 2. The second kappa shape index (κ2) is 10.6. The lowest BCUT2D eigenvalue weighted by Crippen LogP contribution is -2.44. The molecule has 1 aliphatic heterocycles. The van der Waals surface area contributed by atoms with Gasteiger partial charge in [0.25, 0.3) is 0 Å². The number of nitrogens with zero attached hydrogens (tertiary/aromatic N) is 4. The number of guanidine groups is 1. The molecule has 3 rings (SSSR count). The lowest BCUT2D eigenvalue weighted by atomic mass is 10.1. The predicted molar refractivity (Wildman–Crippen MR) is 129 cm³/mol. The van der Waals surface area contributed by atoms with Gasteiger partial charge in [-0.3, -0.25) is 4.99 Å². The minimum atomic E-state index is -0.497. The fourth-order valence-corrected chi connectivity index (χ4v) is 3.37. The van der Waals surface area contributed by atoms with E-state index in [9.17, 15) is 4.79 Å². The maximum atomic E-state index is 12.0. The van der Waals surface area contributed by atoms with Crippen LogP contribution in [-0.2, 0) is 11.3 Å². The number of hydrogen-bond acceptors (Lipinski definition) is 4. The molecule has 0 aliphatic carbocycles. The minimum absolute atomic E-state index is 0. The summed E-state index contributed by atoms with van der Waals surface area (Å²) in [4.78, 5) is 22.7. The van der Waals surface area contributed by atoms with Crippen molar-refractivity contribution in [2.24, 2.45) is 4.99 Å². The number of imidazole rings is 1. The van der Waals surface area contributed by atoms with Crippen molar-refractivity contribution in [3.05, 3.63) is 48.5 Å². The van der Waals surface area contributed by atoms with Crippen LogP contribution in [0.4, 0.5) is 4.79 Å². The third-order valence-electron chi connectivity index (χ3n) is 4.63. The molecule has 1 fully saturated rings. The molecule has 1 aromatic carbocycles. The van der Waals surface area contributed by atoms with Crippen LogP contribution >= 0.6 is 24.0 Å². The topological polar surface area (TPSA) is 83.8 Å². The lowest BCUT2D eigenvalue weighted by molar-refractivity contribution is 0.0507. The number of carbonyl (C=O) groups is 1. The van der Waals surface area contributed by atoms with E-state index in [0.29, 0.717) is 13.1 Å². The van der Waals surface area contributed by atoms with Gasteiger partial charge in [-0.05, 0) is 38.8 Å². The van der Waals surface area contributed by atoms with Crippen LogP contribution in [0.1, 0.15) is 32.8 Å². The number of carbonyl (C=O) groups excluding carboxylic acids is 1. The van der Waals surface area contributed by atoms with Crippen molar-refractivity contribution in [2.75, 3.05) is 20.1 Å². The van der Waals surface area contributed by atoms with Gasteiger partial charge in [0.1, 0.15) is 5.60 Å². The fourth-order valence-electron chi connectivity index (χ4n) is 3.37. The van der Waals surface area contributed by atoms with Crippen molar-refractivity contribution in [1.29, 1.82) is 0 Å². The van der Waals surface area contributed by atoms with E-state index in [2.05, 4.69) is 37.6 Å². The van der Waals surface area contributed by atoms with Gasteiger partial charge in [0, 0.05) is 39.1 Å². The maximum Gasteiger partial charge on any atom is 0.407 e. The molecule has 2 aromatic rings. The summed E-state index contributed by atoms with van der Waals surface area (Å²) in [7, 11) is 1.78. The van der Waals surface area contributed by atoms with Crippen molar-refractivity contribution in [3.63, 3.8) is 0 Å². The molecular weight excluding hydrogens is 495 g/mol. The van der Waals surface area contributed by atoms with E-state index in [4.69, 9.17) is 4.74 Å². The summed E-state index contributed by atoms with van der Waals surface area (Å²) in [5.74, 6) is 0.818. The van der Waals surface area contributed by atoms with Gasteiger partial charge in [-0.25, -0.2) is 9.78 Å². The zero-order valence-electron chi connectivity index (χ0n) is 18.0. The van der Waals surface area contributed by atoms with E-state index in [0.717, 1.165) is 30.2 Å². The molecular formula is C21H31IN6O2. The van der Waals surface area contributed by atoms with Crippen LogP contribution in [0.25, 0.3) is 5.69 Å². The molecule has 2 N–H and O–H groups in total. The Morgan fingerprint density at radius 3 is 2.77 bits per heavy atom. The highest BCUT2D eigenvalue weighted by molar-refractivity contribution is 14.0. The van der Waals surface area contributed by atoms with Gasteiger partial charge in [0.2, 0.25) is 0 Å². The molecule has 9 heteroatoms. The van der Waals surface area contributed by atoms with E-state index in [-0.39, 0.29) is 36.1 Å². The van der Waals surface area contributed by atoms with E-state index >= 15 is 0 Å². The zero-order chi connectivity index (χ0) is 20.9. The number of para-hydroxylation sites is 1. The summed E-state index contributed by atoms with van der Waals surface area (Å²) in [6.07, 6.45) is 5.97. The molecule has 2 heterocycles. The predicted octanol–water partition coefficient (Wildman–Crippen LogP) is 3.16. The Kier molecular flexibility index (Phi) is 8.51. The molecule has 1 atom stereocenters. The Morgan fingerprint density at radius 2 is 2.10 bits per heavy atom. The van der Waals surface area contributed by atoms with Crippen LogP contribution in [0.15, 0.2) is 48.0 Å². The zero-order valence-corrected chi connectivity index (χ0v) is 20.3. The number of hydrogen-bond donors (Lipinski definition) is 2. The Morgan fingerprint density at radius 1 is 1.33 bits per heavy atom. The van der Waals surface area contributed by atoms with Gasteiger partial charge in [-0.1, -0.05) is 18.2 Å². The highest BCUT2D eigenvalue weighted by Crippen LogP contribution is 2.15. The van der Waals surface area contributed by atoms with Gasteiger partial charge in [-0.2, -0.15) is 0 Å². The Hall–Kier alpha value is -2.30. The normalized spacial score (nSPS) is 16.7. The van der Waals surface area contributed by atoms with Gasteiger partial charge < -0.3 is 24.8 Å². The molecule has 30 heavy (non-hydrogen) atoms. The number of rotatable bonds is 4. The lowest BCUT2D eigenvalue weighted by Gasteiger charge is -2.23. The first kappa shape index (κ1) is 24.0. The Labute approximate surface area is 195 Å². The van der Waals surface area contributed by atoms with E-state index in [1.807, 2.05) is 43.7 Å². The number of benzene rings is 1. The molecule has 0 spiro atoms. The first-order valence-corrected chi connectivity index (χ1v) is 9.87. The van der Waals surface area contributed by atoms with Crippen LogP contribution in [0.3, 0.4) is 0 Å². The molecule has 0 saturated carbocycles. The summed E-state index contributed by atoms with van der Waals surface area (Å²) in [6, 6.07) is 8.24. The average Bonchev–Trinajstić information content (AvgIpc) is 3.33. The van der Waals surface area contributed by atoms with E-state index in [1.54, 1.807) is 19.6 Å². The van der Waals surface area contributed by atoms with E-state index < -0.39 is 5.60 Å². The summed E-state index contributed by atoms with van der Waals surface area (Å²) in [6.45, 7) is 7.75. The van der Waals surface area contributed by atoms with Gasteiger partial charge in [0.05, 0.1) is 18.1 Å². The summed E-state index contributed by atoms with van der Waals surface area (Å²) < 4.78 is 7.35. The number of aromatic nitrogens is 2. The van der Waals surface area contributed by atoms with Crippen LogP contribution in [0.5, 0.6) is 0 Å². The van der Waals surface area contributed by atoms with Crippen LogP contribution in [0.2, 0.25) is 0 Å². The van der Waals surface area contributed by atoms with Crippen LogP contribution in [0, 0.1) is 0 Å². The standard InChI is InChI=1S/C21H30N6O2.HI/c1-21(2,3)29-20(28)25-17-9-11-26(14-17)19(22-4)24-13-16-7-5-6-8-18(16)27-12-10-23-15-27;/h5-8,10,12,15,17H,9,11,13-14H2,1-4H3,(H,22,24)(H,25,28);1H. The largest absolute Gasteiger partial charge is 0.444 e. The van der Waals surface area contributed by atoms with Crippen molar-refractivity contribution in [2.45, 2.75) is 45.4 Å². The Balaban J connectivity index is 0.00000320. The third kappa shape index (κ3) is 6.61. The number of amides is 1. The molecule has 0 radical (unpaired) electrons. The maximum absolute atomic E-state index is 12.0. The van der Waals surface area contributed by atoms with Gasteiger partial charge >= 0.3 is 6.09 Å². The Bertz CT molecular complexity index is 847. The molecule has 1 unspecified atom stereocenters. The third-order valence-corrected chi connectivity index (χ3v) is 4.63. The van der Waals surface area contributed by atoms with E-state index in [1.165, 1.54) is 0 Å². The summed E-state index contributed by atoms with van der Waals surface area (Å²) in [5.41, 5.74) is 1.73. The second-order valence-corrected chi connectivity index (χ2v) is 8.08. The summed E-state index contributed by atoms with van der Waals surface area (Å²) in [5, 5.41) is 6.39. The SMILES string of the molecule is CN=C(NCc1ccccc1-n1ccnc1)N1CCC(NC(=O)OC(C)(C)C)C1.I. The second-order valence-electron chi connectivity index (χ2n) is 8.08. The molecule has 1 aromatic heterocycles. The molecule has 1 aliphatic rings. The van der Waals surface area contributed by atoms with Crippen LogP contribution < -0.4 is 10.6 Å². The monoisotopic (exact) mass is 526 g/mol. The molecule has 1 saturated heterocycles. The van der Waals surface area contributed by atoms with Crippen molar-refractivity contribution in [1.82, 2.24) is 25.1 Å². The highest BCUT2D eigenvalue weighted by atomic mass is 127. The van der Waals surface area contributed by atoms with Gasteiger partial charge in [0.15, 0.2) is 5.96 Å². The van der Waals surface area contributed by atoms with Crippen molar-refractivity contribution >= 4 is 36.0 Å². The highest BCUT2D eigenvalue weighted by Gasteiger charge is 2.27. The smallest absolute Gasteiger partial charge is 0.407 e. The van der Waals surface area contributed by atoms with Gasteiger partial charge in [-0.15, -0.1) is 24.0 Å². The van der Waals surface area contributed by atoms with Crippen LogP contribution in [-0.4, -0.2) is 58.3 Å². The number of halogens is 1.